The van der Waals surface area contributed by atoms with Gasteiger partial charge >= 0.3 is 0 Å². The Labute approximate surface area is 162 Å². The van der Waals surface area contributed by atoms with Crippen LogP contribution in [0.2, 0.25) is 0 Å². The van der Waals surface area contributed by atoms with E-state index < -0.39 is 10.8 Å². The van der Waals surface area contributed by atoms with Crippen molar-refractivity contribution in [1.82, 2.24) is 10.6 Å². The number of hydrogen-bond donors (Lipinski definition) is 2. The summed E-state index contributed by atoms with van der Waals surface area (Å²) in [6.07, 6.45) is 2.35. The highest BCUT2D eigenvalue weighted by atomic mass is 79.9. The molecule has 0 spiro atoms. The molecule has 0 amide bonds. The van der Waals surface area contributed by atoms with Gasteiger partial charge in [0.25, 0.3) is 0 Å². The summed E-state index contributed by atoms with van der Waals surface area (Å²) in [5, 5.41) is 6.61. The summed E-state index contributed by atoms with van der Waals surface area (Å²) in [5.74, 6) is 1.44. The van der Waals surface area contributed by atoms with E-state index in [1.165, 1.54) is 22.9 Å². The molecule has 1 atom stereocenters. The Morgan fingerprint density at radius 1 is 1.28 bits per heavy atom. The molecule has 0 bridgehead atoms. The number of nitrogens with zero attached hydrogens (tertiary/aromatic N) is 1. The molecule has 1 unspecified atom stereocenters. The van der Waals surface area contributed by atoms with Gasteiger partial charge in [0.05, 0.1) is 6.54 Å². The molecular weight excluding hydrogens is 398 g/mol. The highest BCUT2D eigenvalue weighted by Gasteiger charge is 2.45. The van der Waals surface area contributed by atoms with Crippen LogP contribution in [0.5, 0.6) is 0 Å². The monoisotopic (exact) mass is 427 g/mol. The minimum Gasteiger partial charge on any atom is -0.357 e. The Balaban J connectivity index is 1.96. The predicted molar refractivity (Wildman–Crippen MR) is 112 cm³/mol. The van der Waals surface area contributed by atoms with Gasteiger partial charge < -0.3 is 10.6 Å². The number of hydrogen-bond acceptors (Lipinski definition) is 2. The van der Waals surface area contributed by atoms with E-state index in [4.69, 9.17) is 4.99 Å². The summed E-state index contributed by atoms with van der Waals surface area (Å²) in [5.41, 5.74) is 1.51. The van der Waals surface area contributed by atoms with Gasteiger partial charge in [-0.05, 0) is 52.2 Å². The summed E-state index contributed by atoms with van der Waals surface area (Å²) in [4.78, 5) is 4.80. The zero-order valence-corrected chi connectivity index (χ0v) is 18.1. The first kappa shape index (κ1) is 20.4. The maximum atomic E-state index is 12.2. The van der Waals surface area contributed by atoms with E-state index in [-0.39, 0.29) is 10.2 Å². The lowest BCUT2D eigenvalue weighted by molar-refractivity contribution is 0.646. The summed E-state index contributed by atoms with van der Waals surface area (Å²) < 4.78 is 13.2. The Kier molecular flexibility index (Phi) is 7.09. The first-order chi connectivity index (χ1) is 11.8. The van der Waals surface area contributed by atoms with Gasteiger partial charge in [-0.1, -0.05) is 34.1 Å². The molecule has 25 heavy (non-hydrogen) atoms. The molecule has 0 aromatic heterocycles. The van der Waals surface area contributed by atoms with Crippen LogP contribution in [-0.4, -0.2) is 40.3 Å². The Hall–Kier alpha value is -0.880. The first-order valence-corrected chi connectivity index (χ1v) is 11.1. The Morgan fingerprint density at radius 3 is 2.52 bits per heavy atom. The van der Waals surface area contributed by atoms with Gasteiger partial charge in [0, 0.05) is 44.3 Å². The predicted octanol–water partition coefficient (Wildman–Crippen LogP) is 3.58. The fourth-order valence-corrected chi connectivity index (χ4v) is 4.30. The molecule has 0 heterocycles. The van der Waals surface area contributed by atoms with E-state index in [0.29, 0.717) is 12.3 Å². The molecule has 1 aromatic rings. The van der Waals surface area contributed by atoms with E-state index in [0.717, 1.165) is 19.0 Å². The second-order valence-electron chi connectivity index (χ2n) is 7.54. The lowest BCUT2D eigenvalue weighted by atomic mass is 9.96. The van der Waals surface area contributed by atoms with Crippen LogP contribution in [0.1, 0.15) is 46.1 Å². The second kappa shape index (κ2) is 8.67. The third-order valence-electron chi connectivity index (χ3n) is 4.45. The number of guanidine groups is 1. The third kappa shape index (κ3) is 5.81. The van der Waals surface area contributed by atoms with Crippen LogP contribution >= 0.6 is 15.9 Å². The van der Waals surface area contributed by atoms with Crippen molar-refractivity contribution in [1.29, 1.82) is 0 Å². The van der Waals surface area contributed by atoms with E-state index in [9.17, 15) is 4.21 Å². The van der Waals surface area contributed by atoms with E-state index >= 15 is 0 Å². The minimum atomic E-state index is -0.851. The third-order valence-corrected chi connectivity index (χ3v) is 7.08. The number of halogens is 1. The van der Waals surface area contributed by atoms with Crippen molar-refractivity contribution in [2.75, 3.05) is 25.4 Å². The molecule has 0 radical (unpaired) electrons. The number of rotatable bonds is 7. The molecule has 1 aliphatic rings. The quantitative estimate of drug-likeness (QED) is 0.516. The highest BCUT2D eigenvalue weighted by Crippen LogP contribution is 2.50. The molecule has 0 saturated heterocycles. The average Bonchev–Trinajstić information content (AvgIpc) is 3.33. The lowest BCUT2D eigenvalue weighted by Gasteiger charge is -2.19. The van der Waals surface area contributed by atoms with Gasteiger partial charge in [0.2, 0.25) is 0 Å². The maximum Gasteiger partial charge on any atom is 0.191 e. The standard InChI is InChI=1S/C19H30BrN3OS/c1-5-21-17(22-12-13-25(24)18(2,3)4)23-14-19(10-11-19)15-8-6-7-9-16(15)20/h6-9H,5,10-14H2,1-4H3,(H2,21,22,23). The smallest absolute Gasteiger partial charge is 0.191 e. The highest BCUT2D eigenvalue weighted by molar-refractivity contribution is 9.10. The van der Waals surface area contributed by atoms with Crippen LogP contribution in [-0.2, 0) is 16.2 Å². The van der Waals surface area contributed by atoms with Crippen LogP contribution in [0.15, 0.2) is 33.7 Å². The van der Waals surface area contributed by atoms with Gasteiger partial charge in [-0.3, -0.25) is 9.20 Å². The van der Waals surface area contributed by atoms with Crippen LogP contribution in [0, 0.1) is 0 Å². The second-order valence-corrected chi connectivity index (χ2v) is 10.7. The molecular formula is C19H30BrN3OS. The van der Waals surface area contributed by atoms with Gasteiger partial charge in [-0.2, -0.15) is 0 Å². The minimum absolute atomic E-state index is 0.163. The molecule has 1 aliphatic carbocycles. The number of nitrogens with one attached hydrogen (secondary N) is 2. The summed E-state index contributed by atoms with van der Waals surface area (Å²) in [6.45, 7) is 10.3. The number of benzene rings is 1. The molecule has 0 aliphatic heterocycles. The van der Waals surface area contributed by atoms with Gasteiger partial charge in [0.15, 0.2) is 5.96 Å². The molecule has 1 saturated carbocycles. The molecule has 1 fully saturated rings. The van der Waals surface area contributed by atoms with Crippen LogP contribution in [0.25, 0.3) is 0 Å². The van der Waals surface area contributed by atoms with Gasteiger partial charge in [-0.25, -0.2) is 0 Å². The van der Waals surface area contributed by atoms with Crippen LogP contribution < -0.4 is 10.6 Å². The Bertz CT molecular complexity index is 636. The number of aliphatic imine (C=N–C) groups is 1. The molecule has 4 nitrogen and oxygen atoms in total. The van der Waals surface area contributed by atoms with Crippen molar-refractivity contribution < 1.29 is 4.21 Å². The van der Waals surface area contributed by atoms with Crippen molar-refractivity contribution in [2.45, 2.75) is 50.7 Å². The molecule has 2 rings (SSSR count). The van der Waals surface area contributed by atoms with Crippen molar-refractivity contribution >= 4 is 32.7 Å². The van der Waals surface area contributed by atoms with E-state index in [1.54, 1.807) is 0 Å². The first-order valence-electron chi connectivity index (χ1n) is 8.94. The SMILES string of the molecule is CCNC(=NCC1(c2ccccc2Br)CC1)NCCS(=O)C(C)(C)C. The zero-order valence-electron chi connectivity index (χ0n) is 15.7. The van der Waals surface area contributed by atoms with Gasteiger partial charge in [0.1, 0.15) is 0 Å². The van der Waals surface area contributed by atoms with E-state index in [1.807, 2.05) is 26.8 Å². The molecule has 140 valence electrons. The fraction of sp³-hybridized carbons (Fsp3) is 0.632. The molecule has 6 heteroatoms. The largest absolute Gasteiger partial charge is 0.357 e. The summed E-state index contributed by atoms with van der Waals surface area (Å²) >= 11 is 3.67. The van der Waals surface area contributed by atoms with Crippen molar-refractivity contribution in [3.63, 3.8) is 0 Å². The Morgan fingerprint density at radius 2 is 1.96 bits per heavy atom. The fourth-order valence-electron chi connectivity index (χ4n) is 2.70. The van der Waals surface area contributed by atoms with Crippen molar-refractivity contribution in [2.24, 2.45) is 4.99 Å². The molecule has 2 N–H and O–H groups in total. The summed E-state index contributed by atoms with van der Waals surface area (Å²) in [7, 11) is -0.851. The lowest BCUT2D eigenvalue weighted by Crippen LogP contribution is -2.40. The average molecular weight is 428 g/mol. The normalized spacial score (nSPS) is 17.9. The summed E-state index contributed by atoms with van der Waals surface area (Å²) in [6, 6.07) is 8.44. The van der Waals surface area contributed by atoms with Crippen LogP contribution in [0.3, 0.4) is 0 Å². The van der Waals surface area contributed by atoms with Crippen molar-refractivity contribution in [3.8, 4) is 0 Å². The molecule has 1 aromatic carbocycles. The van der Waals surface area contributed by atoms with Crippen LogP contribution in [0.4, 0.5) is 0 Å². The maximum absolute atomic E-state index is 12.2. The van der Waals surface area contributed by atoms with Gasteiger partial charge in [-0.15, -0.1) is 0 Å². The van der Waals surface area contributed by atoms with E-state index in [2.05, 4.69) is 51.7 Å². The topological polar surface area (TPSA) is 53.5 Å². The zero-order chi connectivity index (χ0) is 18.5. The van der Waals surface area contributed by atoms with Crippen molar-refractivity contribution in [3.05, 3.63) is 34.3 Å².